The van der Waals surface area contributed by atoms with Gasteiger partial charge in [0.05, 0.1) is 44.2 Å². The molecule has 0 aliphatic carbocycles. The highest BCUT2D eigenvalue weighted by molar-refractivity contribution is 6.00. The van der Waals surface area contributed by atoms with E-state index >= 15 is 0 Å². The van der Waals surface area contributed by atoms with E-state index in [4.69, 9.17) is 21.7 Å². The molecule has 0 saturated carbocycles. The molecule has 0 aromatic rings. The second kappa shape index (κ2) is 27.5. The van der Waals surface area contributed by atoms with Crippen molar-refractivity contribution in [3.05, 3.63) is 0 Å². The van der Waals surface area contributed by atoms with Crippen molar-refractivity contribution in [2.45, 2.75) is 127 Å². The minimum Gasteiger partial charge on any atom is -0.481 e. The maximum atomic E-state index is 13.4. The summed E-state index contributed by atoms with van der Waals surface area (Å²) in [6, 6.07) is -15.9. The van der Waals surface area contributed by atoms with Crippen LogP contribution in [0.3, 0.4) is 0 Å². The summed E-state index contributed by atoms with van der Waals surface area (Å²) < 4.78 is 0. The maximum absolute atomic E-state index is 13.4. The predicted octanol–water partition coefficient (Wildman–Crippen LogP) is -7.14. The number of hydrogen-bond donors (Lipinski definition) is 16. The molecule has 8 amide bonds. The first-order chi connectivity index (χ1) is 29.9. The van der Waals surface area contributed by atoms with Gasteiger partial charge in [0.25, 0.3) is 0 Å². The zero-order chi connectivity index (χ0) is 50.5. The third-order valence-electron chi connectivity index (χ3n) is 8.48. The first-order valence-corrected chi connectivity index (χ1v) is 19.1. The standard InChI is InChI=1S/C35H53N9O21/c1-12(2)6-15(38-28(57)14(36)4-5-22(47)48)29(58)41-19(10-25(53)54)33(62)44-27(13(3)45)34(63)42-16(7-21(37)46)30(59)39-17(8-23(49)50)31(60)40-18(9-24(51)52)32(61)43-20(35(64)65)11-26(55)56/h12-20,27,45H,4-11,36H2,1-3H3,(H2,37,46)(H,38,57)(H,39,59)(H,40,60)(H,41,58)(H,42,63)(H,43,61)(H,44,62)(H,47,48)(H,49,50)(H,51,52)(H,53,54)(H,55,56)(H,64,65)/t13-,14+,15+,16+,17+,18+,19+,20+,27+/m1/s1. The molecular formula is C35H53N9O21. The van der Waals surface area contributed by atoms with Gasteiger partial charge in [-0.15, -0.1) is 0 Å². The van der Waals surface area contributed by atoms with Gasteiger partial charge < -0.3 is 84.4 Å². The first-order valence-electron chi connectivity index (χ1n) is 19.1. The lowest BCUT2D eigenvalue weighted by molar-refractivity contribution is -0.148. The Balaban J connectivity index is 6.48. The number of nitrogens with one attached hydrogen (secondary N) is 7. The molecule has 0 unspecified atom stereocenters. The molecule has 0 bridgehead atoms. The summed E-state index contributed by atoms with van der Waals surface area (Å²) in [5.41, 5.74) is 10.9. The molecule has 30 nitrogen and oxygen atoms in total. The van der Waals surface area contributed by atoms with Crippen molar-refractivity contribution < 1.29 is 103 Å². The van der Waals surface area contributed by atoms with Crippen molar-refractivity contribution in [2.24, 2.45) is 17.4 Å². The molecule has 0 aliphatic rings. The number of aliphatic carboxylic acids is 6. The van der Waals surface area contributed by atoms with E-state index in [1.54, 1.807) is 24.5 Å². The zero-order valence-electron chi connectivity index (χ0n) is 34.9. The molecule has 0 radical (unpaired) electrons. The number of carbonyl (C=O) groups is 14. The fraction of sp³-hybridized carbons (Fsp3) is 0.600. The fourth-order valence-corrected chi connectivity index (χ4v) is 5.34. The molecule has 0 aromatic carbocycles. The lowest BCUT2D eigenvalue weighted by Gasteiger charge is -2.28. The van der Waals surface area contributed by atoms with E-state index in [0.29, 0.717) is 0 Å². The van der Waals surface area contributed by atoms with Gasteiger partial charge in [-0.25, -0.2) is 4.79 Å². The smallest absolute Gasteiger partial charge is 0.326 e. The van der Waals surface area contributed by atoms with Gasteiger partial charge in [-0.3, -0.25) is 62.3 Å². The third kappa shape index (κ3) is 23.0. The second-order valence-electron chi connectivity index (χ2n) is 14.7. The molecule has 0 saturated heterocycles. The van der Waals surface area contributed by atoms with Crippen LogP contribution in [-0.4, -0.2) is 173 Å². The van der Waals surface area contributed by atoms with Crippen molar-refractivity contribution in [3.63, 3.8) is 0 Å². The average Bonchev–Trinajstić information content (AvgIpc) is 3.15. The number of nitrogens with two attached hydrogens (primary N) is 2. The first kappa shape index (κ1) is 57.5. The van der Waals surface area contributed by atoms with E-state index in [2.05, 4.69) is 10.6 Å². The number of rotatable bonds is 31. The van der Waals surface area contributed by atoms with Crippen LogP contribution in [0.4, 0.5) is 0 Å². The average molecular weight is 936 g/mol. The van der Waals surface area contributed by atoms with E-state index in [1.165, 1.54) is 0 Å². The minimum absolute atomic E-state index is 0.109. The fourth-order valence-electron chi connectivity index (χ4n) is 5.34. The normalized spacial score (nSPS) is 15.0. The number of hydrogen-bond acceptors (Lipinski definition) is 16. The zero-order valence-corrected chi connectivity index (χ0v) is 34.9. The van der Waals surface area contributed by atoms with Gasteiger partial charge in [-0.1, -0.05) is 13.8 Å². The second-order valence-corrected chi connectivity index (χ2v) is 14.7. The van der Waals surface area contributed by atoms with Crippen LogP contribution in [0.2, 0.25) is 0 Å². The summed E-state index contributed by atoms with van der Waals surface area (Å²) >= 11 is 0. The van der Waals surface area contributed by atoms with Crippen LogP contribution in [0.25, 0.3) is 0 Å². The monoisotopic (exact) mass is 935 g/mol. The summed E-state index contributed by atoms with van der Waals surface area (Å²) in [5, 5.41) is 79.2. The van der Waals surface area contributed by atoms with Crippen LogP contribution in [-0.2, 0) is 67.1 Å². The Morgan fingerprint density at radius 1 is 0.431 bits per heavy atom. The lowest BCUT2D eigenvalue weighted by Crippen LogP contribution is -2.62. The molecule has 30 heteroatoms. The number of amides is 8. The summed E-state index contributed by atoms with van der Waals surface area (Å²) in [6.07, 6.45) is -8.98. The van der Waals surface area contributed by atoms with Gasteiger partial charge in [0, 0.05) is 6.42 Å². The lowest BCUT2D eigenvalue weighted by atomic mass is 10.0. The number of primary amides is 1. The van der Waals surface area contributed by atoms with Crippen LogP contribution < -0.4 is 48.7 Å². The Kier molecular flexibility index (Phi) is 24.4. The SMILES string of the molecule is CC(C)C[C@H](NC(=O)[C@@H](N)CCC(=O)O)C(=O)N[C@@H](CC(=O)O)C(=O)N[C@H](C(=O)N[C@@H](CC(N)=O)C(=O)N[C@@H](CC(=O)O)C(=O)N[C@@H](CC(=O)O)C(=O)N[C@@H](CC(=O)O)C(=O)O)[C@@H](C)O. The molecule has 0 rings (SSSR count). The van der Waals surface area contributed by atoms with Crippen molar-refractivity contribution in [1.82, 2.24) is 37.2 Å². The quantitative estimate of drug-likeness (QED) is 0.0307. The van der Waals surface area contributed by atoms with Crippen molar-refractivity contribution in [2.75, 3.05) is 0 Å². The number of aliphatic hydroxyl groups excluding tert-OH is 1. The number of carbonyl (C=O) groups excluding carboxylic acids is 8. The number of carboxylic acid groups (broad SMARTS) is 6. The summed E-state index contributed by atoms with van der Waals surface area (Å²) in [4.78, 5) is 172. The Morgan fingerprint density at radius 2 is 0.754 bits per heavy atom. The Morgan fingerprint density at radius 3 is 1.09 bits per heavy atom. The van der Waals surface area contributed by atoms with E-state index in [9.17, 15) is 92.7 Å². The topological polar surface area (TPSA) is 517 Å². The van der Waals surface area contributed by atoms with Crippen molar-refractivity contribution in [1.29, 1.82) is 0 Å². The summed E-state index contributed by atoms with van der Waals surface area (Å²) in [5.74, 6) is -21.6. The minimum atomic E-state index is -2.27. The third-order valence-corrected chi connectivity index (χ3v) is 8.48. The molecule has 0 aliphatic heterocycles. The summed E-state index contributed by atoms with van der Waals surface area (Å²) in [7, 11) is 0. The molecule has 0 aromatic heterocycles. The van der Waals surface area contributed by atoms with E-state index in [-0.39, 0.29) is 18.8 Å². The van der Waals surface area contributed by atoms with Crippen molar-refractivity contribution >= 4 is 83.1 Å². The summed E-state index contributed by atoms with van der Waals surface area (Å²) in [6.45, 7) is 4.17. The van der Waals surface area contributed by atoms with E-state index < -0.39 is 176 Å². The highest BCUT2D eigenvalue weighted by atomic mass is 16.4. The number of aliphatic hydroxyl groups is 1. The van der Waals surface area contributed by atoms with Gasteiger partial charge in [0.15, 0.2) is 0 Å². The van der Waals surface area contributed by atoms with Gasteiger partial charge in [0.1, 0.15) is 42.3 Å². The molecule has 0 heterocycles. The van der Waals surface area contributed by atoms with Crippen LogP contribution in [0.1, 0.15) is 72.1 Å². The van der Waals surface area contributed by atoms with Crippen LogP contribution in [0.15, 0.2) is 0 Å². The highest BCUT2D eigenvalue weighted by Crippen LogP contribution is 2.09. The molecule has 9 atom stereocenters. The molecule has 18 N–H and O–H groups in total. The Bertz CT molecular complexity index is 1840. The Labute approximate surface area is 366 Å². The highest BCUT2D eigenvalue weighted by Gasteiger charge is 2.37. The van der Waals surface area contributed by atoms with Gasteiger partial charge in [-0.2, -0.15) is 0 Å². The Hall–Kier alpha value is -7.50. The maximum Gasteiger partial charge on any atom is 0.326 e. The molecule has 364 valence electrons. The van der Waals surface area contributed by atoms with Gasteiger partial charge >= 0.3 is 35.8 Å². The van der Waals surface area contributed by atoms with Crippen LogP contribution >= 0.6 is 0 Å². The molecular weight excluding hydrogens is 882 g/mol. The van der Waals surface area contributed by atoms with E-state index in [1.807, 2.05) is 16.0 Å². The number of carboxylic acids is 6. The van der Waals surface area contributed by atoms with Gasteiger partial charge in [0.2, 0.25) is 47.3 Å². The molecule has 0 spiro atoms. The van der Waals surface area contributed by atoms with Gasteiger partial charge in [-0.05, 0) is 25.7 Å². The molecule has 65 heavy (non-hydrogen) atoms. The molecule has 0 fully saturated rings. The van der Waals surface area contributed by atoms with Crippen LogP contribution in [0, 0.1) is 5.92 Å². The van der Waals surface area contributed by atoms with Crippen molar-refractivity contribution in [3.8, 4) is 0 Å². The largest absolute Gasteiger partial charge is 0.481 e. The van der Waals surface area contributed by atoms with E-state index in [0.717, 1.165) is 6.92 Å². The van der Waals surface area contributed by atoms with Crippen LogP contribution in [0.5, 0.6) is 0 Å². The predicted molar refractivity (Wildman–Crippen MR) is 210 cm³/mol.